The Morgan fingerprint density at radius 3 is 2.74 bits per heavy atom. The molecule has 1 aliphatic rings. The van der Waals surface area contributed by atoms with E-state index < -0.39 is 6.10 Å². The third-order valence-electron chi connectivity index (χ3n) is 3.85. The first-order chi connectivity index (χ1) is 9.10. The molecule has 0 bridgehead atoms. The zero-order chi connectivity index (χ0) is 13.8. The number of nitrogens with zero attached hydrogens (tertiary/aromatic N) is 1. The van der Waals surface area contributed by atoms with Crippen molar-refractivity contribution in [2.45, 2.75) is 31.4 Å². The minimum Gasteiger partial charge on any atom is -0.389 e. The minimum atomic E-state index is -0.445. The number of methoxy groups -OCH3 is 1. The predicted molar refractivity (Wildman–Crippen MR) is 72.7 cm³/mol. The van der Waals surface area contributed by atoms with Crippen LogP contribution in [0.1, 0.15) is 24.8 Å². The summed E-state index contributed by atoms with van der Waals surface area (Å²) >= 11 is 0. The van der Waals surface area contributed by atoms with Gasteiger partial charge in [-0.15, -0.1) is 0 Å². The number of ether oxygens (including phenoxy) is 1. The molecule has 1 saturated heterocycles. The smallest absolute Gasteiger partial charge is 0.123 e. The van der Waals surface area contributed by atoms with E-state index in [-0.39, 0.29) is 5.82 Å². The van der Waals surface area contributed by atoms with Gasteiger partial charge in [-0.25, -0.2) is 4.39 Å². The molecule has 0 radical (unpaired) electrons. The van der Waals surface area contributed by atoms with Gasteiger partial charge in [0.05, 0.1) is 12.7 Å². The van der Waals surface area contributed by atoms with Crippen LogP contribution < -0.4 is 0 Å². The predicted octanol–water partition coefficient (Wildman–Crippen LogP) is 2.01. The summed E-state index contributed by atoms with van der Waals surface area (Å²) in [4.78, 5) is 2.28. The maximum atomic E-state index is 12.9. The molecular weight excluding hydrogens is 245 g/mol. The van der Waals surface area contributed by atoms with Gasteiger partial charge < -0.3 is 9.84 Å². The molecular formula is C15H22FNO2. The largest absolute Gasteiger partial charge is 0.389 e. The van der Waals surface area contributed by atoms with E-state index >= 15 is 0 Å². The fourth-order valence-electron chi connectivity index (χ4n) is 2.85. The topological polar surface area (TPSA) is 32.7 Å². The molecule has 106 valence electrons. The number of rotatable bonds is 5. The molecule has 0 aliphatic carbocycles. The van der Waals surface area contributed by atoms with Crippen LogP contribution in [0, 0.1) is 5.82 Å². The van der Waals surface area contributed by atoms with Crippen molar-refractivity contribution in [1.82, 2.24) is 4.90 Å². The molecule has 0 aromatic heterocycles. The summed E-state index contributed by atoms with van der Waals surface area (Å²) in [5.41, 5.74) is 1.18. The van der Waals surface area contributed by atoms with Gasteiger partial charge in [-0.2, -0.15) is 0 Å². The Bertz CT molecular complexity index is 396. The van der Waals surface area contributed by atoms with Crippen LogP contribution in [0.2, 0.25) is 0 Å². The molecule has 0 saturated carbocycles. The monoisotopic (exact) mass is 267 g/mol. The Kier molecular flexibility index (Phi) is 4.91. The number of hydrogen-bond acceptors (Lipinski definition) is 3. The first kappa shape index (κ1) is 14.4. The molecule has 1 heterocycles. The second-order valence-corrected chi connectivity index (χ2v) is 5.40. The van der Waals surface area contributed by atoms with E-state index in [0.29, 0.717) is 25.1 Å². The summed E-state index contributed by atoms with van der Waals surface area (Å²) < 4.78 is 17.9. The number of β-amino-alcohol motifs (C(OH)–C–C–N with tert-alkyl or cyclic N) is 1. The Labute approximate surface area is 114 Å². The summed E-state index contributed by atoms with van der Waals surface area (Å²) in [6.45, 7) is 4.08. The van der Waals surface area contributed by atoms with Crippen molar-refractivity contribution in [1.29, 1.82) is 0 Å². The van der Waals surface area contributed by atoms with E-state index in [4.69, 9.17) is 4.74 Å². The van der Waals surface area contributed by atoms with Crippen LogP contribution in [-0.4, -0.2) is 49.0 Å². The minimum absolute atomic E-state index is 0.192. The Balaban J connectivity index is 1.95. The lowest BCUT2D eigenvalue weighted by molar-refractivity contribution is 0.0360. The van der Waals surface area contributed by atoms with Crippen LogP contribution in [0.3, 0.4) is 0 Å². The van der Waals surface area contributed by atoms with Gasteiger partial charge in [-0.05, 0) is 37.0 Å². The van der Waals surface area contributed by atoms with Gasteiger partial charge in [0, 0.05) is 26.2 Å². The van der Waals surface area contributed by atoms with Crippen LogP contribution in [0.25, 0.3) is 0 Å². The first-order valence-corrected chi connectivity index (χ1v) is 6.76. The summed E-state index contributed by atoms with van der Waals surface area (Å²) in [6, 6.07) is 7.19. The summed E-state index contributed by atoms with van der Waals surface area (Å²) in [5.74, 6) is 0.229. The van der Waals surface area contributed by atoms with Gasteiger partial charge in [-0.3, -0.25) is 4.90 Å². The summed E-state index contributed by atoms with van der Waals surface area (Å²) in [6.07, 6.45) is 0.602. The molecule has 1 aromatic rings. The molecule has 2 rings (SSSR count). The highest BCUT2D eigenvalue weighted by Crippen LogP contribution is 2.31. The van der Waals surface area contributed by atoms with E-state index in [1.807, 2.05) is 12.1 Å². The van der Waals surface area contributed by atoms with E-state index in [0.717, 1.165) is 13.0 Å². The quantitative estimate of drug-likeness (QED) is 0.886. The van der Waals surface area contributed by atoms with Gasteiger partial charge in [0.25, 0.3) is 0 Å². The van der Waals surface area contributed by atoms with Crippen LogP contribution in [0.15, 0.2) is 24.3 Å². The summed E-state index contributed by atoms with van der Waals surface area (Å²) in [5, 5.41) is 9.80. The van der Waals surface area contributed by atoms with Gasteiger partial charge >= 0.3 is 0 Å². The van der Waals surface area contributed by atoms with E-state index in [1.54, 1.807) is 7.11 Å². The Hall–Kier alpha value is -0.970. The van der Waals surface area contributed by atoms with Crippen LogP contribution in [0.5, 0.6) is 0 Å². The lowest BCUT2D eigenvalue weighted by Gasteiger charge is -2.23. The van der Waals surface area contributed by atoms with E-state index in [1.165, 1.54) is 17.7 Å². The molecule has 0 unspecified atom stereocenters. The van der Waals surface area contributed by atoms with Crippen molar-refractivity contribution in [2.75, 3.05) is 26.8 Å². The number of benzene rings is 1. The van der Waals surface area contributed by atoms with Crippen molar-refractivity contribution in [3.05, 3.63) is 35.6 Å². The molecule has 1 fully saturated rings. The molecule has 3 atom stereocenters. The fourth-order valence-corrected chi connectivity index (χ4v) is 2.85. The third kappa shape index (κ3) is 3.75. The van der Waals surface area contributed by atoms with Crippen LogP contribution >= 0.6 is 0 Å². The van der Waals surface area contributed by atoms with Crippen molar-refractivity contribution < 1.29 is 14.2 Å². The maximum Gasteiger partial charge on any atom is 0.123 e. The van der Waals surface area contributed by atoms with Crippen molar-refractivity contribution in [3.63, 3.8) is 0 Å². The SMILES string of the molecule is COC[C@H](O)CN1C[C@@H](c2ccc(F)cc2)C[C@@H]1C. The molecule has 1 aliphatic heterocycles. The van der Waals surface area contributed by atoms with Crippen molar-refractivity contribution >= 4 is 0 Å². The molecule has 1 aromatic carbocycles. The zero-order valence-electron chi connectivity index (χ0n) is 11.6. The van der Waals surface area contributed by atoms with Gasteiger partial charge in [0.1, 0.15) is 5.82 Å². The lowest BCUT2D eigenvalue weighted by Crippen LogP contribution is -2.36. The van der Waals surface area contributed by atoms with Crippen molar-refractivity contribution in [3.8, 4) is 0 Å². The Morgan fingerprint density at radius 2 is 2.11 bits per heavy atom. The number of hydrogen-bond donors (Lipinski definition) is 1. The number of halogens is 1. The first-order valence-electron chi connectivity index (χ1n) is 6.76. The van der Waals surface area contributed by atoms with Gasteiger partial charge in [-0.1, -0.05) is 12.1 Å². The average molecular weight is 267 g/mol. The van der Waals surface area contributed by atoms with Gasteiger partial charge in [0.2, 0.25) is 0 Å². The maximum absolute atomic E-state index is 12.9. The average Bonchev–Trinajstić information content (AvgIpc) is 2.72. The lowest BCUT2D eigenvalue weighted by atomic mass is 9.97. The fraction of sp³-hybridized carbons (Fsp3) is 0.600. The standard InChI is InChI=1S/C15H22FNO2/c1-11-7-13(12-3-5-14(16)6-4-12)8-17(11)9-15(18)10-19-2/h3-6,11,13,15,18H,7-10H2,1-2H3/t11-,13-,15+/m0/s1. The highest BCUT2D eigenvalue weighted by atomic mass is 19.1. The molecule has 0 spiro atoms. The number of likely N-dealkylation sites (tertiary alicyclic amines) is 1. The normalized spacial score (nSPS) is 25.7. The van der Waals surface area contributed by atoms with Crippen LogP contribution in [-0.2, 0) is 4.74 Å². The number of aliphatic hydroxyl groups is 1. The van der Waals surface area contributed by atoms with E-state index in [9.17, 15) is 9.50 Å². The number of aliphatic hydroxyl groups excluding tert-OH is 1. The molecule has 19 heavy (non-hydrogen) atoms. The van der Waals surface area contributed by atoms with Crippen LogP contribution in [0.4, 0.5) is 4.39 Å². The Morgan fingerprint density at radius 1 is 1.42 bits per heavy atom. The van der Waals surface area contributed by atoms with E-state index in [2.05, 4.69) is 11.8 Å². The summed E-state index contributed by atoms with van der Waals surface area (Å²) in [7, 11) is 1.60. The molecule has 3 nitrogen and oxygen atoms in total. The zero-order valence-corrected chi connectivity index (χ0v) is 11.6. The molecule has 1 N–H and O–H groups in total. The van der Waals surface area contributed by atoms with Crippen molar-refractivity contribution in [2.24, 2.45) is 0 Å². The second kappa shape index (κ2) is 6.46. The second-order valence-electron chi connectivity index (χ2n) is 5.40. The highest BCUT2D eigenvalue weighted by Gasteiger charge is 2.30. The van der Waals surface area contributed by atoms with Gasteiger partial charge in [0.15, 0.2) is 0 Å². The molecule has 4 heteroatoms. The highest BCUT2D eigenvalue weighted by molar-refractivity contribution is 5.22. The molecule has 0 amide bonds. The third-order valence-corrected chi connectivity index (χ3v) is 3.85.